The summed E-state index contributed by atoms with van der Waals surface area (Å²) in [6.45, 7) is 4.36. The largest absolute Gasteiger partial charge is 0.491 e. The monoisotopic (exact) mass is 448 g/mol. The average Bonchev–Trinajstić information content (AvgIpc) is 2.87. The van der Waals surface area contributed by atoms with Crippen LogP contribution in [0.2, 0.25) is 0 Å². The Hall–Kier alpha value is -2.68. The van der Waals surface area contributed by atoms with Gasteiger partial charge in [0.15, 0.2) is 11.6 Å². The van der Waals surface area contributed by atoms with Crippen LogP contribution in [0.5, 0.6) is 5.75 Å². The maximum absolute atomic E-state index is 14.5. The van der Waals surface area contributed by atoms with Crippen molar-refractivity contribution in [2.75, 3.05) is 6.61 Å². The van der Waals surface area contributed by atoms with Gasteiger partial charge in [0.05, 0.1) is 6.61 Å². The molecule has 0 N–H and O–H groups in total. The fraction of sp³-hybridized carbons (Fsp3) is 0.400. The lowest BCUT2D eigenvalue weighted by Crippen LogP contribution is -2.14. The van der Waals surface area contributed by atoms with Crippen molar-refractivity contribution in [1.82, 2.24) is 0 Å². The van der Waals surface area contributed by atoms with Crippen LogP contribution in [0, 0.1) is 23.5 Å². The van der Waals surface area contributed by atoms with E-state index < -0.39 is 11.6 Å². The van der Waals surface area contributed by atoms with Gasteiger partial charge in [-0.1, -0.05) is 87.6 Å². The molecule has 33 heavy (non-hydrogen) atoms. The fourth-order valence-electron chi connectivity index (χ4n) is 5.03. The van der Waals surface area contributed by atoms with Crippen LogP contribution in [0.15, 0.2) is 60.7 Å². The molecule has 0 amide bonds. The van der Waals surface area contributed by atoms with E-state index in [2.05, 4.69) is 31.2 Å². The second-order valence-electron chi connectivity index (χ2n) is 9.28. The normalized spacial score (nSPS) is 18.3. The van der Waals surface area contributed by atoms with Crippen molar-refractivity contribution in [2.45, 2.75) is 58.8 Å². The predicted molar refractivity (Wildman–Crippen MR) is 132 cm³/mol. The molecule has 3 aromatic rings. The fourth-order valence-corrected chi connectivity index (χ4v) is 5.03. The second-order valence-corrected chi connectivity index (χ2v) is 9.28. The Labute approximate surface area is 196 Å². The molecule has 3 aromatic carbocycles. The van der Waals surface area contributed by atoms with Gasteiger partial charge in [0.25, 0.3) is 0 Å². The van der Waals surface area contributed by atoms with Crippen molar-refractivity contribution in [3.8, 4) is 28.0 Å². The lowest BCUT2D eigenvalue weighted by atomic mass is 9.78. The van der Waals surface area contributed by atoms with Gasteiger partial charge in [-0.15, -0.1) is 0 Å². The van der Waals surface area contributed by atoms with Gasteiger partial charge in [0.2, 0.25) is 5.82 Å². The topological polar surface area (TPSA) is 9.23 Å². The molecule has 0 spiro atoms. The molecule has 0 bridgehead atoms. The van der Waals surface area contributed by atoms with Crippen LogP contribution in [0.3, 0.4) is 0 Å². The first-order valence-corrected chi connectivity index (χ1v) is 12.4. The Morgan fingerprint density at radius 1 is 0.697 bits per heavy atom. The lowest BCUT2D eigenvalue weighted by molar-refractivity contribution is 0.259. The zero-order valence-corrected chi connectivity index (χ0v) is 19.7. The van der Waals surface area contributed by atoms with E-state index in [0.29, 0.717) is 12.2 Å². The number of ether oxygens (including phenoxy) is 1. The molecule has 0 unspecified atom stereocenters. The quantitative estimate of drug-likeness (QED) is 0.334. The van der Waals surface area contributed by atoms with E-state index in [4.69, 9.17) is 4.74 Å². The molecule has 3 heteroatoms. The summed E-state index contributed by atoms with van der Waals surface area (Å²) in [5.41, 5.74) is 4.47. The van der Waals surface area contributed by atoms with Gasteiger partial charge in [0.1, 0.15) is 0 Å². The minimum atomic E-state index is -0.938. The first-order valence-electron chi connectivity index (χ1n) is 12.4. The minimum absolute atomic E-state index is 0.0518. The Bertz CT molecular complexity index is 1030. The summed E-state index contributed by atoms with van der Waals surface area (Å²) in [6, 6.07) is 19.4. The summed E-state index contributed by atoms with van der Waals surface area (Å²) < 4.78 is 33.9. The number of hydrogen-bond acceptors (Lipinski definition) is 1. The highest BCUT2D eigenvalue weighted by molar-refractivity contribution is 5.71. The van der Waals surface area contributed by atoms with Crippen molar-refractivity contribution < 1.29 is 13.5 Å². The zero-order valence-electron chi connectivity index (χ0n) is 19.7. The highest BCUT2D eigenvalue weighted by Crippen LogP contribution is 2.34. The van der Waals surface area contributed by atoms with Crippen LogP contribution in [0.25, 0.3) is 22.3 Å². The number of benzene rings is 3. The summed E-state index contributed by atoms with van der Waals surface area (Å²) in [6.07, 6.45) is 9.36. The van der Waals surface area contributed by atoms with Gasteiger partial charge in [-0.3, -0.25) is 0 Å². The van der Waals surface area contributed by atoms with E-state index in [9.17, 15) is 8.78 Å². The molecule has 0 saturated heterocycles. The molecule has 174 valence electrons. The number of aryl methyl sites for hydroxylation is 1. The summed E-state index contributed by atoms with van der Waals surface area (Å²) in [5, 5.41) is 0. The van der Waals surface area contributed by atoms with Crippen LogP contribution in [-0.2, 0) is 6.42 Å². The van der Waals surface area contributed by atoms with E-state index in [-0.39, 0.29) is 11.3 Å². The predicted octanol–water partition coefficient (Wildman–Crippen LogP) is 8.85. The summed E-state index contributed by atoms with van der Waals surface area (Å²) in [7, 11) is 0. The van der Waals surface area contributed by atoms with Crippen LogP contribution in [0.1, 0.15) is 57.9 Å². The summed E-state index contributed by atoms with van der Waals surface area (Å²) in [5.74, 6) is -0.0255. The summed E-state index contributed by atoms with van der Waals surface area (Å²) >= 11 is 0. The molecular weight excluding hydrogens is 414 g/mol. The molecule has 1 nitrogen and oxygen atoms in total. The van der Waals surface area contributed by atoms with Crippen LogP contribution < -0.4 is 4.74 Å². The van der Waals surface area contributed by atoms with Gasteiger partial charge in [-0.25, -0.2) is 4.39 Å². The molecule has 0 radical (unpaired) electrons. The molecule has 0 aromatic heterocycles. The molecule has 1 saturated carbocycles. The third-order valence-electron chi connectivity index (χ3n) is 7.21. The van der Waals surface area contributed by atoms with E-state index in [1.165, 1.54) is 50.2 Å². The van der Waals surface area contributed by atoms with Gasteiger partial charge >= 0.3 is 0 Å². The standard InChI is InChI=1S/C30H34F2O/c1-3-21-5-7-22(8-6-21)9-10-23-11-13-24(14-12-23)25-15-17-26(18-16-25)27-19-20-28(33-4-2)30(32)29(27)31/h11-22H,3-10H2,1-2H3. The van der Waals surface area contributed by atoms with Crippen LogP contribution in [0.4, 0.5) is 8.78 Å². The van der Waals surface area contributed by atoms with E-state index in [1.54, 1.807) is 13.0 Å². The molecule has 4 rings (SSSR count). The number of halogens is 2. The molecule has 0 atom stereocenters. The lowest BCUT2D eigenvalue weighted by Gasteiger charge is -2.27. The van der Waals surface area contributed by atoms with E-state index in [1.807, 2.05) is 24.3 Å². The Morgan fingerprint density at radius 3 is 1.88 bits per heavy atom. The first-order chi connectivity index (χ1) is 16.1. The van der Waals surface area contributed by atoms with Gasteiger partial charge in [-0.05, 0) is 66.0 Å². The van der Waals surface area contributed by atoms with E-state index in [0.717, 1.165) is 29.4 Å². The molecular formula is C30H34F2O. The van der Waals surface area contributed by atoms with Crippen molar-refractivity contribution in [2.24, 2.45) is 11.8 Å². The van der Waals surface area contributed by atoms with Gasteiger partial charge in [-0.2, -0.15) is 4.39 Å². The Morgan fingerprint density at radius 2 is 1.27 bits per heavy atom. The molecule has 1 aliphatic carbocycles. The second kappa shape index (κ2) is 11.0. The Kier molecular flexibility index (Phi) is 7.80. The Balaban J connectivity index is 1.39. The third-order valence-corrected chi connectivity index (χ3v) is 7.21. The maximum Gasteiger partial charge on any atom is 0.201 e. The van der Waals surface area contributed by atoms with E-state index >= 15 is 0 Å². The third kappa shape index (κ3) is 5.63. The van der Waals surface area contributed by atoms with Crippen molar-refractivity contribution >= 4 is 0 Å². The first kappa shape index (κ1) is 23.5. The number of hydrogen-bond donors (Lipinski definition) is 0. The highest BCUT2D eigenvalue weighted by Gasteiger charge is 2.19. The van der Waals surface area contributed by atoms with Crippen LogP contribution in [-0.4, -0.2) is 6.61 Å². The van der Waals surface area contributed by atoms with Gasteiger partial charge in [0, 0.05) is 5.56 Å². The van der Waals surface area contributed by atoms with Gasteiger partial charge < -0.3 is 4.74 Å². The molecule has 0 heterocycles. The van der Waals surface area contributed by atoms with Crippen molar-refractivity contribution in [1.29, 1.82) is 0 Å². The maximum atomic E-state index is 14.5. The van der Waals surface area contributed by atoms with Crippen LogP contribution >= 0.6 is 0 Å². The molecule has 1 aliphatic rings. The number of rotatable bonds is 8. The molecule has 0 aliphatic heterocycles. The smallest absolute Gasteiger partial charge is 0.201 e. The minimum Gasteiger partial charge on any atom is -0.491 e. The molecule has 1 fully saturated rings. The van der Waals surface area contributed by atoms with Crippen molar-refractivity contribution in [3.63, 3.8) is 0 Å². The summed E-state index contributed by atoms with van der Waals surface area (Å²) in [4.78, 5) is 0. The average molecular weight is 449 g/mol. The van der Waals surface area contributed by atoms with Crippen molar-refractivity contribution in [3.05, 3.63) is 77.9 Å². The zero-order chi connectivity index (χ0) is 23.2. The SMILES string of the molecule is CCOc1ccc(-c2ccc(-c3ccc(CCC4CCC(CC)CC4)cc3)cc2)c(F)c1F. The highest BCUT2D eigenvalue weighted by atomic mass is 19.2.